The Kier molecular flexibility index (Phi) is 4.11. The van der Waals surface area contributed by atoms with Crippen LogP contribution < -0.4 is 16.8 Å². The topological polar surface area (TPSA) is 98.2 Å². The molecule has 1 unspecified atom stereocenters. The van der Waals surface area contributed by atoms with Crippen LogP contribution in [0.1, 0.15) is 6.42 Å². The molecule has 0 fully saturated rings. The van der Waals surface area contributed by atoms with Gasteiger partial charge in [0.1, 0.15) is 0 Å². The van der Waals surface area contributed by atoms with Crippen LogP contribution in [-0.4, -0.2) is 17.9 Å². The molecule has 0 aliphatic carbocycles. The van der Waals surface area contributed by atoms with Crippen molar-refractivity contribution >= 4 is 17.5 Å². The number of hydrogen-bond donors (Lipinski definition) is 3. The maximum Gasteiger partial charge on any atom is 0.241 e. The van der Waals surface area contributed by atoms with Gasteiger partial charge in [-0.1, -0.05) is 0 Å². The number of anilines is 1. The average Bonchev–Trinajstić information content (AvgIpc) is 2.22. The molecule has 0 saturated heterocycles. The molecule has 1 aromatic rings. The van der Waals surface area contributed by atoms with Crippen molar-refractivity contribution in [3.05, 3.63) is 29.8 Å². The van der Waals surface area contributed by atoms with Crippen LogP contribution in [0.25, 0.3) is 0 Å². The first-order chi connectivity index (χ1) is 7.90. The van der Waals surface area contributed by atoms with E-state index in [4.69, 9.17) is 11.5 Å². The van der Waals surface area contributed by atoms with Crippen molar-refractivity contribution in [2.75, 3.05) is 5.32 Å². The summed E-state index contributed by atoms with van der Waals surface area (Å²) >= 11 is 0. The molecule has 1 rings (SSSR count). The van der Waals surface area contributed by atoms with Crippen molar-refractivity contribution in [1.82, 2.24) is 0 Å². The Morgan fingerprint density at radius 2 is 1.94 bits per heavy atom. The van der Waals surface area contributed by atoms with E-state index >= 15 is 0 Å². The number of rotatable bonds is 4. The molecule has 1 atom stereocenters. The van der Waals surface area contributed by atoms with Crippen LogP contribution in [0.15, 0.2) is 18.2 Å². The standard InChI is InChI=1S/C10H11F2N3O2/c11-6-2-1-5(3-7(6)12)15-10(17)8(13)4-9(14)16/h1-3,8H,4,13H2,(H2,14,16)(H,15,17). The first-order valence-electron chi connectivity index (χ1n) is 4.70. The summed E-state index contributed by atoms with van der Waals surface area (Å²) in [6, 6.07) is 1.72. The quantitative estimate of drug-likeness (QED) is 0.699. The summed E-state index contributed by atoms with van der Waals surface area (Å²) in [5.74, 6) is -3.54. The second kappa shape index (κ2) is 5.35. The highest BCUT2D eigenvalue weighted by atomic mass is 19.2. The molecule has 0 aliphatic rings. The molecule has 0 radical (unpaired) electrons. The summed E-state index contributed by atoms with van der Waals surface area (Å²) < 4.78 is 25.4. The van der Waals surface area contributed by atoms with Crippen LogP contribution in [0.4, 0.5) is 14.5 Å². The number of benzene rings is 1. The van der Waals surface area contributed by atoms with Gasteiger partial charge in [-0.05, 0) is 12.1 Å². The van der Waals surface area contributed by atoms with Crippen molar-refractivity contribution < 1.29 is 18.4 Å². The Morgan fingerprint density at radius 1 is 1.29 bits per heavy atom. The molecule has 0 saturated carbocycles. The van der Waals surface area contributed by atoms with Crippen LogP contribution in [0.2, 0.25) is 0 Å². The zero-order valence-corrected chi connectivity index (χ0v) is 8.74. The van der Waals surface area contributed by atoms with Gasteiger partial charge >= 0.3 is 0 Å². The Morgan fingerprint density at radius 3 is 2.47 bits per heavy atom. The van der Waals surface area contributed by atoms with E-state index in [0.717, 1.165) is 12.1 Å². The lowest BCUT2D eigenvalue weighted by Gasteiger charge is -2.10. The molecule has 0 spiro atoms. The average molecular weight is 243 g/mol. The van der Waals surface area contributed by atoms with E-state index in [-0.39, 0.29) is 12.1 Å². The molecule has 5 N–H and O–H groups in total. The lowest BCUT2D eigenvalue weighted by Crippen LogP contribution is -2.39. The number of nitrogens with two attached hydrogens (primary N) is 2. The molecule has 0 bridgehead atoms. The van der Waals surface area contributed by atoms with Gasteiger partial charge in [0.05, 0.1) is 12.5 Å². The van der Waals surface area contributed by atoms with Gasteiger partial charge in [0, 0.05) is 11.8 Å². The lowest BCUT2D eigenvalue weighted by atomic mass is 10.2. The molecule has 17 heavy (non-hydrogen) atoms. The zero-order chi connectivity index (χ0) is 13.0. The van der Waals surface area contributed by atoms with Crippen molar-refractivity contribution in [2.45, 2.75) is 12.5 Å². The third-order valence-corrected chi connectivity index (χ3v) is 1.95. The number of carbonyl (C=O) groups excluding carboxylic acids is 2. The summed E-state index contributed by atoms with van der Waals surface area (Å²) in [5.41, 5.74) is 10.3. The van der Waals surface area contributed by atoms with Crippen molar-refractivity contribution in [1.29, 1.82) is 0 Å². The number of primary amides is 1. The Bertz CT molecular complexity index is 451. The maximum absolute atomic E-state index is 12.8. The molecule has 2 amide bonds. The smallest absolute Gasteiger partial charge is 0.241 e. The number of hydrogen-bond acceptors (Lipinski definition) is 3. The second-order valence-electron chi connectivity index (χ2n) is 3.40. The zero-order valence-electron chi connectivity index (χ0n) is 8.74. The van der Waals surface area contributed by atoms with Crippen LogP contribution in [0, 0.1) is 11.6 Å². The van der Waals surface area contributed by atoms with Gasteiger partial charge in [0.2, 0.25) is 11.8 Å². The third kappa shape index (κ3) is 3.80. The van der Waals surface area contributed by atoms with Crippen LogP contribution in [0.5, 0.6) is 0 Å². The first-order valence-corrected chi connectivity index (χ1v) is 4.70. The number of amides is 2. The first kappa shape index (κ1) is 13.0. The summed E-state index contributed by atoms with van der Waals surface area (Å²) in [5, 5.41) is 2.24. The fourth-order valence-corrected chi connectivity index (χ4v) is 1.12. The van der Waals surface area contributed by atoms with Gasteiger partial charge in [0.15, 0.2) is 11.6 Å². The Labute approximate surface area is 95.8 Å². The minimum Gasteiger partial charge on any atom is -0.370 e. The van der Waals surface area contributed by atoms with Crippen LogP contribution in [-0.2, 0) is 9.59 Å². The summed E-state index contributed by atoms with van der Waals surface area (Å²) in [7, 11) is 0. The highest BCUT2D eigenvalue weighted by Crippen LogP contribution is 2.13. The summed E-state index contributed by atoms with van der Waals surface area (Å²) in [6.45, 7) is 0. The highest BCUT2D eigenvalue weighted by Gasteiger charge is 2.16. The number of carbonyl (C=O) groups is 2. The van der Waals surface area contributed by atoms with Gasteiger partial charge in [-0.2, -0.15) is 0 Å². The fraction of sp³-hybridized carbons (Fsp3) is 0.200. The van der Waals surface area contributed by atoms with Crippen molar-refractivity contribution in [2.24, 2.45) is 11.5 Å². The van der Waals surface area contributed by atoms with Gasteiger partial charge in [-0.15, -0.1) is 0 Å². The second-order valence-corrected chi connectivity index (χ2v) is 3.40. The van der Waals surface area contributed by atoms with E-state index in [1.165, 1.54) is 6.07 Å². The molecule has 92 valence electrons. The molecule has 0 aliphatic heterocycles. The summed E-state index contributed by atoms with van der Waals surface area (Å²) in [6.07, 6.45) is -0.324. The van der Waals surface area contributed by atoms with Crippen LogP contribution in [0.3, 0.4) is 0 Å². The predicted octanol–water partition coefficient (Wildman–Crippen LogP) is 0.106. The minimum absolute atomic E-state index is 0.0498. The van der Waals surface area contributed by atoms with E-state index in [1.54, 1.807) is 0 Å². The van der Waals surface area contributed by atoms with E-state index in [1.807, 2.05) is 0 Å². The molecule has 0 heterocycles. The largest absolute Gasteiger partial charge is 0.370 e. The van der Waals surface area contributed by atoms with Crippen molar-refractivity contribution in [3.8, 4) is 0 Å². The van der Waals surface area contributed by atoms with E-state index in [9.17, 15) is 18.4 Å². The van der Waals surface area contributed by atoms with E-state index < -0.39 is 29.5 Å². The van der Waals surface area contributed by atoms with Crippen LogP contribution >= 0.6 is 0 Å². The fourth-order valence-electron chi connectivity index (χ4n) is 1.12. The monoisotopic (exact) mass is 243 g/mol. The number of nitrogens with one attached hydrogen (secondary N) is 1. The third-order valence-electron chi connectivity index (χ3n) is 1.95. The molecule has 5 nitrogen and oxygen atoms in total. The van der Waals surface area contributed by atoms with E-state index in [2.05, 4.69) is 5.32 Å². The highest BCUT2D eigenvalue weighted by molar-refractivity contribution is 5.97. The molecule has 1 aromatic carbocycles. The van der Waals surface area contributed by atoms with Gasteiger partial charge < -0.3 is 16.8 Å². The summed E-state index contributed by atoms with van der Waals surface area (Å²) in [4.78, 5) is 21.9. The number of halogens is 2. The predicted molar refractivity (Wildman–Crippen MR) is 56.8 cm³/mol. The SMILES string of the molecule is NC(=O)CC(N)C(=O)Nc1ccc(F)c(F)c1. The lowest BCUT2D eigenvalue weighted by molar-refractivity contribution is -0.123. The Balaban J connectivity index is 2.67. The maximum atomic E-state index is 12.8. The molecular weight excluding hydrogens is 232 g/mol. The molecular formula is C10H11F2N3O2. The van der Waals surface area contributed by atoms with E-state index in [0.29, 0.717) is 0 Å². The van der Waals surface area contributed by atoms with Gasteiger partial charge in [-0.3, -0.25) is 9.59 Å². The van der Waals surface area contributed by atoms with Crippen molar-refractivity contribution in [3.63, 3.8) is 0 Å². The normalized spacial score (nSPS) is 11.9. The molecule has 0 aromatic heterocycles. The molecule has 7 heteroatoms. The van der Waals surface area contributed by atoms with Gasteiger partial charge in [-0.25, -0.2) is 8.78 Å². The Hall–Kier alpha value is -2.02. The minimum atomic E-state index is -1.12. The van der Waals surface area contributed by atoms with Gasteiger partial charge in [0.25, 0.3) is 0 Å².